The van der Waals surface area contributed by atoms with Gasteiger partial charge in [-0.15, -0.1) is 0 Å². The maximum absolute atomic E-state index is 12.8. The summed E-state index contributed by atoms with van der Waals surface area (Å²) in [6.07, 6.45) is 1.44. The third-order valence-corrected chi connectivity index (χ3v) is 4.37. The number of para-hydroxylation sites is 2. The number of rotatable bonds is 6. The van der Waals surface area contributed by atoms with Crippen LogP contribution in [0.15, 0.2) is 102 Å². The Balaban J connectivity index is 1.43. The average molecular weight is 397 g/mol. The van der Waals surface area contributed by atoms with Crippen LogP contribution >= 0.6 is 0 Å². The molecular formula is C24H19N3O3. The van der Waals surface area contributed by atoms with Crippen LogP contribution in [0, 0.1) is 0 Å². The second-order valence-corrected chi connectivity index (χ2v) is 6.50. The number of furan rings is 1. The van der Waals surface area contributed by atoms with E-state index in [2.05, 4.69) is 16.0 Å². The summed E-state index contributed by atoms with van der Waals surface area (Å²) in [5.41, 5.74) is 3.35. The van der Waals surface area contributed by atoms with Crippen molar-refractivity contribution in [1.82, 2.24) is 0 Å². The molecule has 0 spiro atoms. The Labute approximate surface area is 173 Å². The normalized spacial score (nSPS) is 10.3. The molecule has 1 heterocycles. The van der Waals surface area contributed by atoms with Crippen LogP contribution in [0.3, 0.4) is 0 Å². The van der Waals surface area contributed by atoms with E-state index in [0.29, 0.717) is 22.6 Å². The van der Waals surface area contributed by atoms with Crippen molar-refractivity contribution >= 4 is 34.6 Å². The second-order valence-electron chi connectivity index (χ2n) is 6.50. The van der Waals surface area contributed by atoms with E-state index in [1.807, 2.05) is 48.5 Å². The lowest BCUT2D eigenvalue weighted by Crippen LogP contribution is -2.14. The van der Waals surface area contributed by atoms with Crippen LogP contribution in [-0.4, -0.2) is 11.8 Å². The summed E-state index contributed by atoms with van der Waals surface area (Å²) < 4.78 is 5.07. The highest BCUT2D eigenvalue weighted by Crippen LogP contribution is 2.22. The second kappa shape index (κ2) is 8.79. The summed E-state index contributed by atoms with van der Waals surface area (Å²) in [5.74, 6) is -0.339. The highest BCUT2D eigenvalue weighted by atomic mass is 16.3. The summed E-state index contributed by atoms with van der Waals surface area (Å²) in [7, 11) is 0. The number of hydrogen-bond acceptors (Lipinski definition) is 4. The number of hydrogen-bond donors (Lipinski definition) is 3. The van der Waals surface area contributed by atoms with Gasteiger partial charge >= 0.3 is 0 Å². The van der Waals surface area contributed by atoms with Gasteiger partial charge in [-0.05, 0) is 60.7 Å². The molecular weight excluding hydrogens is 378 g/mol. The minimum absolute atomic E-state index is 0.231. The van der Waals surface area contributed by atoms with Crippen LogP contribution < -0.4 is 16.0 Å². The van der Waals surface area contributed by atoms with E-state index < -0.39 is 0 Å². The van der Waals surface area contributed by atoms with Crippen LogP contribution in [0.4, 0.5) is 22.7 Å². The first-order valence-corrected chi connectivity index (χ1v) is 9.36. The van der Waals surface area contributed by atoms with Crippen molar-refractivity contribution in [1.29, 1.82) is 0 Å². The number of amides is 2. The largest absolute Gasteiger partial charge is 0.459 e. The molecule has 0 unspecified atom stereocenters. The highest BCUT2D eigenvalue weighted by Gasteiger charge is 2.12. The third kappa shape index (κ3) is 4.56. The topological polar surface area (TPSA) is 83.4 Å². The Morgan fingerprint density at radius 2 is 1.23 bits per heavy atom. The van der Waals surface area contributed by atoms with Crippen LogP contribution in [0.5, 0.6) is 0 Å². The molecule has 2 amide bonds. The van der Waals surface area contributed by atoms with E-state index in [9.17, 15) is 9.59 Å². The fraction of sp³-hybridized carbons (Fsp3) is 0. The van der Waals surface area contributed by atoms with Crippen molar-refractivity contribution in [3.8, 4) is 0 Å². The lowest BCUT2D eigenvalue weighted by Gasteiger charge is -2.12. The van der Waals surface area contributed by atoms with Crippen LogP contribution in [0.1, 0.15) is 20.9 Å². The number of anilines is 4. The van der Waals surface area contributed by atoms with Gasteiger partial charge in [-0.1, -0.05) is 30.3 Å². The fourth-order valence-corrected chi connectivity index (χ4v) is 2.90. The first-order valence-electron chi connectivity index (χ1n) is 9.36. The smallest absolute Gasteiger partial charge is 0.291 e. The molecule has 0 atom stereocenters. The molecule has 3 N–H and O–H groups in total. The molecule has 0 saturated heterocycles. The lowest BCUT2D eigenvalue weighted by molar-refractivity contribution is 0.0994. The molecule has 148 valence electrons. The van der Waals surface area contributed by atoms with E-state index in [0.717, 1.165) is 5.69 Å². The quantitative estimate of drug-likeness (QED) is 0.400. The molecule has 0 bridgehead atoms. The van der Waals surface area contributed by atoms with Crippen molar-refractivity contribution in [3.05, 3.63) is 109 Å². The average Bonchev–Trinajstić information content (AvgIpc) is 3.31. The van der Waals surface area contributed by atoms with E-state index in [4.69, 9.17) is 4.42 Å². The molecule has 0 aliphatic heterocycles. The maximum Gasteiger partial charge on any atom is 0.291 e. The van der Waals surface area contributed by atoms with Crippen LogP contribution in [-0.2, 0) is 0 Å². The fourth-order valence-electron chi connectivity index (χ4n) is 2.90. The first kappa shape index (κ1) is 19.0. The molecule has 30 heavy (non-hydrogen) atoms. The molecule has 0 fully saturated rings. The maximum atomic E-state index is 12.8. The van der Waals surface area contributed by atoms with Gasteiger partial charge < -0.3 is 20.4 Å². The molecule has 0 radical (unpaired) electrons. The number of carbonyl (C=O) groups is 2. The molecule has 3 aromatic carbocycles. The van der Waals surface area contributed by atoms with Crippen molar-refractivity contribution in [2.24, 2.45) is 0 Å². The number of benzene rings is 3. The van der Waals surface area contributed by atoms with Crippen molar-refractivity contribution in [3.63, 3.8) is 0 Å². The van der Waals surface area contributed by atoms with Crippen molar-refractivity contribution < 1.29 is 14.0 Å². The van der Waals surface area contributed by atoms with Crippen LogP contribution in [0.25, 0.3) is 0 Å². The summed E-state index contributed by atoms with van der Waals surface area (Å²) in [6, 6.07) is 27.1. The van der Waals surface area contributed by atoms with E-state index in [1.165, 1.54) is 6.26 Å². The van der Waals surface area contributed by atoms with Gasteiger partial charge in [-0.25, -0.2) is 0 Å². The first-order chi connectivity index (χ1) is 14.7. The van der Waals surface area contributed by atoms with Crippen molar-refractivity contribution in [2.45, 2.75) is 0 Å². The molecule has 0 aliphatic rings. The van der Waals surface area contributed by atoms with Crippen molar-refractivity contribution in [2.75, 3.05) is 16.0 Å². The zero-order valence-corrected chi connectivity index (χ0v) is 16.0. The Hall–Kier alpha value is -4.32. The van der Waals surface area contributed by atoms with Gasteiger partial charge in [0.25, 0.3) is 11.8 Å². The van der Waals surface area contributed by atoms with Gasteiger partial charge in [0.2, 0.25) is 0 Å². The Morgan fingerprint density at radius 3 is 1.90 bits per heavy atom. The van der Waals surface area contributed by atoms with E-state index >= 15 is 0 Å². The molecule has 4 aromatic rings. The van der Waals surface area contributed by atoms with Gasteiger partial charge in [0.1, 0.15) is 0 Å². The molecule has 1 aromatic heterocycles. The van der Waals surface area contributed by atoms with Gasteiger partial charge in [0.15, 0.2) is 5.76 Å². The predicted molar refractivity (Wildman–Crippen MR) is 117 cm³/mol. The Morgan fingerprint density at radius 1 is 0.600 bits per heavy atom. The number of nitrogens with one attached hydrogen (secondary N) is 3. The molecule has 4 rings (SSSR count). The standard InChI is InChI=1S/C24H19N3O3/c28-23(20-9-4-5-10-21(20)25-17-7-2-1-3-8-17)26-18-12-14-19(15-13-18)27-24(29)22-11-6-16-30-22/h1-16,25H,(H,26,28)(H,27,29). The molecule has 6 heteroatoms. The summed E-state index contributed by atoms with van der Waals surface area (Å²) >= 11 is 0. The molecule has 6 nitrogen and oxygen atoms in total. The summed E-state index contributed by atoms with van der Waals surface area (Å²) in [5, 5.41) is 8.89. The summed E-state index contributed by atoms with van der Waals surface area (Å²) in [6.45, 7) is 0. The zero-order valence-electron chi connectivity index (χ0n) is 16.0. The van der Waals surface area contributed by atoms with Gasteiger partial charge in [0.05, 0.1) is 17.5 Å². The van der Waals surface area contributed by atoms with Gasteiger partial charge in [0, 0.05) is 17.1 Å². The molecule has 0 aliphatic carbocycles. The number of carbonyl (C=O) groups excluding carboxylic acids is 2. The summed E-state index contributed by atoms with van der Waals surface area (Å²) in [4.78, 5) is 24.8. The Bertz CT molecular complexity index is 1140. The van der Waals surface area contributed by atoms with E-state index in [-0.39, 0.29) is 17.6 Å². The van der Waals surface area contributed by atoms with E-state index in [1.54, 1.807) is 42.5 Å². The zero-order chi connectivity index (χ0) is 20.8. The predicted octanol–water partition coefficient (Wildman–Crippen LogP) is 5.53. The highest BCUT2D eigenvalue weighted by molar-refractivity contribution is 6.08. The van der Waals surface area contributed by atoms with Gasteiger partial charge in [-0.2, -0.15) is 0 Å². The van der Waals surface area contributed by atoms with Gasteiger partial charge in [-0.3, -0.25) is 9.59 Å². The molecule has 0 saturated carbocycles. The third-order valence-electron chi connectivity index (χ3n) is 4.37. The SMILES string of the molecule is O=C(Nc1ccc(NC(=O)c2ccccc2Nc2ccccc2)cc1)c1ccco1. The minimum atomic E-state index is -0.335. The lowest BCUT2D eigenvalue weighted by atomic mass is 10.1. The Kier molecular flexibility index (Phi) is 5.57. The van der Waals surface area contributed by atoms with Crippen LogP contribution in [0.2, 0.25) is 0 Å². The minimum Gasteiger partial charge on any atom is -0.459 e. The monoisotopic (exact) mass is 397 g/mol.